The molecule has 0 N–H and O–H groups in total. The first-order chi connectivity index (χ1) is 9.63. The number of imidazole rings is 1. The number of halogens is 2. The summed E-state index contributed by atoms with van der Waals surface area (Å²) in [6.45, 7) is 2.06. The molecule has 0 radical (unpaired) electrons. The molecule has 2 heterocycles. The molecule has 0 unspecified atom stereocenters. The van der Waals surface area contributed by atoms with Gasteiger partial charge in [0, 0.05) is 30.1 Å². The molecular formula is C15H17F2N3. The van der Waals surface area contributed by atoms with Crippen LogP contribution in [0.5, 0.6) is 0 Å². The first-order valence-electron chi connectivity index (χ1n) is 6.81. The maximum atomic E-state index is 13.4. The van der Waals surface area contributed by atoms with Crippen molar-refractivity contribution >= 4 is 0 Å². The molecule has 0 bridgehead atoms. The second kappa shape index (κ2) is 5.32. The maximum Gasteiger partial charge on any atom is 0.140 e. The van der Waals surface area contributed by atoms with Crippen LogP contribution < -0.4 is 0 Å². The lowest BCUT2D eigenvalue weighted by molar-refractivity contribution is 0.222. The molecule has 106 valence electrons. The van der Waals surface area contributed by atoms with Crippen LogP contribution >= 0.6 is 0 Å². The van der Waals surface area contributed by atoms with Crippen LogP contribution in [0.25, 0.3) is 11.4 Å². The third-order valence-corrected chi connectivity index (χ3v) is 3.87. The number of hydrogen-bond donors (Lipinski definition) is 0. The zero-order chi connectivity index (χ0) is 14.1. The molecule has 2 aromatic rings. The van der Waals surface area contributed by atoms with Gasteiger partial charge in [0.05, 0.1) is 0 Å². The Morgan fingerprint density at radius 3 is 2.40 bits per heavy atom. The molecule has 1 aliphatic heterocycles. The molecule has 1 aromatic heterocycles. The summed E-state index contributed by atoms with van der Waals surface area (Å²) in [6.07, 6.45) is 5.64. The predicted octanol–water partition coefficient (Wildman–Crippen LogP) is 3.10. The van der Waals surface area contributed by atoms with Crippen molar-refractivity contribution in [2.45, 2.75) is 18.9 Å². The maximum absolute atomic E-state index is 13.4. The van der Waals surface area contributed by atoms with Gasteiger partial charge in [0.2, 0.25) is 0 Å². The lowest BCUT2D eigenvalue weighted by Gasteiger charge is -2.30. The summed E-state index contributed by atoms with van der Waals surface area (Å²) < 4.78 is 28.8. The van der Waals surface area contributed by atoms with Crippen molar-refractivity contribution in [3.8, 4) is 11.4 Å². The molecule has 1 fully saturated rings. The molecule has 1 aromatic carbocycles. The molecule has 0 spiro atoms. The fraction of sp³-hybridized carbons (Fsp3) is 0.400. The van der Waals surface area contributed by atoms with E-state index in [9.17, 15) is 8.78 Å². The van der Waals surface area contributed by atoms with E-state index in [2.05, 4.69) is 16.9 Å². The number of hydrogen-bond acceptors (Lipinski definition) is 2. The van der Waals surface area contributed by atoms with Crippen molar-refractivity contribution in [1.29, 1.82) is 0 Å². The predicted molar refractivity (Wildman–Crippen MR) is 73.3 cm³/mol. The third-order valence-electron chi connectivity index (χ3n) is 3.87. The summed E-state index contributed by atoms with van der Waals surface area (Å²) in [5.41, 5.74) is 0.492. The van der Waals surface area contributed by atoms with E-state index in [0.29, 0.717) is 17.4 Å². The van der Waals surface area contributed by atoms with E-state index < -0.39 is 11.6 Å². The summed E-state index contributed by atoms with van der Waals surface area (Å²) in [4.78, 5) is 6.57. The summed E-state index contributed by atoms with van der Waals surface area (Å²) in [7, 11) is 2.10. The highest BCUT2D eigenvalue weighted by molar-refractivity contribution is 5.56. The van der Waals surface area contributed by atoms with Crippen molar-refractivity contribution in [1.82, 2.24) is 14.5 Å². The smallest absolute Gasteiger partial charge is 0.140 e. The standard InChI is InChI=1S/C15H17F2N3/c1-19-5-2-14(3-6-19)20-7-4-18-15(20)11-8-12(16)10-13(17)9-11/h4,7-10,14H,2-3,5-6H2,1H3. The van der Waals surface area contributed by atoms with Crippen molar-refractivity contribution in [2.24, 2.45) is 0 Å². The Labute approximate surface area is 116 Å². The van der Waals surface area contributed by atoms with Crippen LogP contribution in [0.1, 0.15) is 18.9 Å². The average Bonchev–Trinajstić information content (AvgIpc) is 2.87. The second-order valence-electron chi connectivity index (χ2n) is 5.35. The third kappa shape index (κ3) is 2.58. The van der Waals surface area contributed by atoms with Crippen LogP contribution in [-0.2, 0) is 0 Å². The van der Waals surface area contributed by atoms with Gasteiger partial charge in [0.1, 0.15) is 17.5 Å². The van der Waals surface area contributed by atoms with Gasteiger partial charge in [-0.15, -0.1) is 0 Å². The zero-order valence-electron chi connectivity index (χ0n) is 11.4. The molecule has 1 saturated heterocycles. The summed E-state index contributed by atoms with van der Waals surface area (Å²) in [5, 5.41) is 0. The molecule has 0 atom stereocenters. The molecule has 0 amide bonds. The number of piperidine rings is 1. The molecule has 3 nitrogen and oxygen atoms in total. The Morgan fingerprint density at radius 2 is 1.75 bits per heavy atom. The molecule has 1 aliphatic rings. The fourth-order valence-electron chi connectivity index (χ4n) is 2.79. The van der Waals surface area contributed by atoms with Gasteiger partial charge in [-0.3, -0.25) is 0 Å². The minimum absolute atomic E-state index is 0.343. The van der Waals surface area contributed by atoms with E-state index in [4.69, 9.17) is 0 Å². The van der Waals surface area contributed by atoms with Gasteiger partial charge >= 0.3 is 0 Å². The van der Waals surface area contributed by atoms with Crippen LogP contribution in [0.3, 0.4) is 0 Å². The fourth-order valence-corrected chi connectivity index (χ4v) is 2.79. The van der Waals surface area contributed by atoms with Gasteiger partial charge in [-0.05, 0) is 45.1 Å². The van der Waals surface area contributed by atoms with Gasteiger partial charge in [-0.1, -0.05) is 0 Å². The Balaban J connectivity index is 1.93. The highest BCUT2D eigenvalue weighted by atomic mass is 19.1. The Morgan fingerprint density at radius 1 is 1.10 bits per heavy atom. The van der Waals surface area contributed by atoms with E-state index >= 15 is 0 Å². The van der Waals surface area contributed by atoms with E-state index in [-0.39, 0.29) is 0 Å². The van der Waals surface area contributed by atoms with Crippen molar-refractivity contribution in [2.75, 3.05) is 20.1 Å². The highest BCUT2D eigenvalue weighted by Gasteiger charge is 2.21. The van der Waals surface area contributed by atoms with Crippen molar-refractivity contribution < 1.29 is 8.78 Å². The molecule has 5 heteroatoms. The summed E-state index contributed by atoms with van der Waals surface area (Å²) in [6, 6.07) is 3.88. The minimum atomic E-state index is -0.571. The Hall–Kier alpha value is -1.75. The normalized spacial score (nSPS) is 17.6. The molecule has 0 saturated carbocycles. The number of nitrogens with zero attached hydrogens (tertiary/aromatic N) is 3. The quantitative estimate of drug-likeness (QED) is 0.841. The monoisotopic (exact) mass is 277 g/mol. The van der Waals surface area contributed by atoms with Crippen molar-refractivity contribution in [3.63, 3.8) is 0 Å². The van der Waals surface area contributed by atoms with Gasteiger partial charge < -0.3 is 9.47 Å². The Kier molecular flexibility index (Phi) is 3.53. The largest absolute Gasteiger partial charge is 0.328 e. The van der Waals surface area contributed by atoms with E-state index in [1.165, 1.54) is 12.1 Å². The van der Waals surface area contributed by atoms with E-state index in [1.54, 1.807) is 6.20 Å². The van der Waals surface area contributed by atoms with Crippen LogP contribution in [0.15, 0.2) is 30.6 Å². The topological polar surface area (TPSA) is 21.1 Å². The van der Waals surface area contributed by atoms with Gasteiger partial charge in [-0.25, -0.2) is 13.8 Å². The number of benzene rings is 1. The summed E-state index contributed by atoms with van der Waals surface area (Å²) >= 11 is 0. The minimum Gasteiger partial charge on any atom is -0.328 e. The van der Waals surface area contributed by atoms with E-state index in [0.717, 1.165) is 32.0 Å². The first kappa shape index (κ1) is 13.2. The van der Waals surface area contributed by atoms with Crippen LogP contribution in [0.4, 0.5) is 8.78 Å². The summed E-state index contributed by atoms with van der Waals surface area (Å²) in [5.74, 6) is -0.506. The number of aromatic nitrogens is 2. The van der Waals surface area contributed by atoms with Crippen molar-refractivity contribution in [3.05, 3.63) is 42.2 Å². The molecule has 20 heavy (non-hydrogen) atoms. The van der Waals surface area contributed by atoms with Crippen LogP contribution in [0.2, 0.25) is 0 Å². The van der Waals surface area contributed by atoms with Crippen LogP contribution in [-0.4, -0.2) is 34.6 Å². The number of likely N-dealkylation sites (tertiary alicyclic amines) is 1. The van der Waals surface area contributed by atoms with Gasteiger partial charge in [0.15, 0.2) is 0 Å². The number of rotatable bonds is 2. The lowest BCUT2D eigenvalue weighted by Crippen LogP contribution is -2.31. The molecular weight excluding hydrogens is 260 g/mol. The zero-order valence-corrected chi connectivity index (χ0v) is 11.4. The molecule has 3 rings (SSSR count). The van der Waals surface area contributed by atoms with E-state index in [1.807, 2.05) is 10.8 Å². The SMILES string of the molecule is CN1CCC(n2ccnc2-c2cc(F)cc(F)c2)CC1. The highest BCUT2D eigenvalue weighted by Crippen LogP contribution is 2.28. The first-order valence-corrected chi connectivity index (χ1v) is 6.81. The van der Waals surface area contributed by atoms with Gasteiger partial charge in [0.25, 0.3) is 0 Å². The Bertz CT molecular complexity index is 581. The lowest BCUT2D eigenvalue weighted by atomic mass is 10.0. The average molecular weight is 277 g/mol. The molecule has 0 aliphatic carbocycles. The second-order valence-corrected chi connectivity index (χ2v) is 5.35. The van der Waals surface area contributed by atoms with Crippen LogP contribution in [0, 0.1) is 11.6 Å². The van der Waals surface area contributed by atoms with Gasteiger partial charge in [-0.2, -0.15) is 0 Å².